The molecule has 7 nitrogen and oxygen atoms in total. The standard InChI is InChI=1S/C27H26FN5O2/c28-22-12-19(3-5-21(22)18-4-6-23-20(11-18)13-29-31-23)24-30-27(8-9-27)26(35)33(24)15-16-7-10-32(14-16)25(34)17-1-2-17/h3-6,11-13,16-17H,1-2,7-10,14-15H2,(H,29,31). The number of likely N-dealkylation sites (tertiary alicyclic amines) is 1. The van der Waals surface area contributed by atoms with Crippen LogP contribution < -0.4 is 0 Å². The van der Waals surface area contributed by atoms with Gasteiger partial charge in [-0.1, -0.05) is 18.2 Å². The Bertz CT molecular complexity index is 1400. The lowest BCUT2D eigenvalue weighted by molar-refractivity contribution is -0.131. The van der Waals surface area contributed by atoms with Gasteiger partial charge < -0.3 is 4.90 Å². The number of benzene rings is 2. The van der Waals surface area contributed by atoms with Gasteiger partial charge >= 0.3 is 0 Å². The fraction of sp³-hybridized carbons (Fsp3) is 0.407. The lowest BCUT2D eigenvalue weighted by atomic mass is 10.0. The molecular formula is C27H26FN5O2. The van der Waals surface area contributed by atoms with E-state index in [1.165, 1.54) is 6.07 Å². The summed E-state index contributed by atoms with van der Waals surface area (Å²) in [5, 5.41) is 7.86. The molecule has 1 saturated heterocycles. The molecule has 2 aliphatic heterocycles. The van der Waals surface area contributed by atoms with Crippen molar-refractivity contribution in [2.75, 3.05) is 19.6 Å². The van der Waals surface area contributed by atoms with E-state index in [9.17, 15) is 9.59 Å². The first-order valence-electron chi connectivity index (χ1n) is 12.4. The highest BCUT2D eigenvalue weighted by atomic mass is 19.1. The first-order chi connectivity index (χ1) is 17.0. The molecule has 2 saturated carbocycles. The van der Waals surface area contributed by atoms with Crippen molar-refractivity contribution >= 4 is 28.6 Å². The minimum absolute atomic E-state index is 0.0226. The summed E-state index contributed by atoms with van der Waals surface area (Å²) in [6.45, 7) is 1.96. The van der Waals surface area contributed by atoms with Gasteiger partial charge in [-0.25, -0.2) is 4.39 Å². The second kappa shape index (κ2) is 7.47. The van der Waals surface area contributed by atoms with Crippen LogP contribution in [0.5, 0.6) is 0 Å². The van der Waals surface area contributed by atoms with Gasteiger partial charge in [0.1, 0.15) is 17.2 Å². The number of carbonyl (C=O) groups is 2. The lowest BCUT2D eigenvalue weighted by Crippen LogP contribution is -2.41. The van der Waals surface area contributed by atoms with E-state index in [1.54, 1.807) is 17.2 Å². The second-order valence-corrected chi connectivity index (χ2v) is 10.5. The molecule has 1 atom stereocenters. The van der Waals surface area contributed by atoms with Gasteiger partial charge in [-0.3, -0.25) is 24.6 Å². The first kappa shape index (κ1) is 20.8. The van der Waals surface area contributed by atoms with E-state index in [4.69, 9.17) is 4.99 Å². The number of hydrogen-bond acceptors (Lipinski definition) is 4. The molecule has 0 radical (unpaired) electrons. The number of amidine groups is 1. The van der Waals surface area contributed by atoms with E-state index >= 15 is 4.39 Å². The Morgan fingerprint density at radius 1 is 1.11 bits per heavy atom. The van der Waals surface area contributed by atoms with Gasteiger partial charge in [0.2, 0.25) is 5.91 Å². The van der Waals surface area contributed by atoms with Crippen LogP contribution in [-0.4, -0.2) is 62.8 Å². The number of carbonyl (C=O) groups excluding carboxylic acids is 2. The molecule has 2 amide bonds. The van der Waals surface area contributed by atoms with E-state index in [1.807, 2.05) is 29.2 Å². The summed E-state index contributed by atoms with van der Waals surface area (Å²) in [5.74, 6) is 0.930. The van der Waals surface area contributed by atoms with Crippen molar-refractivity contribution in [3.05, 3.63) is 54.0 Å². The summed E-state index contributed by atoms with van der Waals surface area (Å²) in [6, 6.07) is 10.8. The topological polar surface area (TPSA) is 81.7 Å². The van der Waals surface area contributed by atoms with Gasteiger partial charge in [0, 0.05) is 42.1 Å². The Morgan fingerprint density at radius 2 is 1.94 bits per heavy atom. The monoisotopic (exact) mass is 471 g/mol. The van der Waals surface area contributed by atoms with Crippen LogP contribution in [0.25, 0.3) is 22.0 Å². The number of aromatic nitrogens is 2. The Kier molecular flexibility index (Phi) is 4.44. The molecule has 7 rings (SSSR count). The minimum Gasteiger partial charge on any atom is -0.342 e. The Balaban J connectivity index is 1.15. The van der Waals surface area contributed by atoms with E-state index in [-0.39, 0.29) is 29.5 Å². The smallest absolute Gasteiger partial charge is 0.256 e. The van der Waals surface area contributed by atoms with Gasteiger partial charge in [-0.15, -0.1) is 0 Å². The second-order valence-electron chi connectivity index (χ2n) is 10.5. The largest absolute Gasteiger partial charge is 0.342 e. The van der Waals surface area contributed by atoms with Crippen molar-refractivity contribution in [3.8, 4) is 11.1 Å². The van der Waals surface area contributed by atoms with Crippen LogP contribution in [0.1, 0.15) is 37.7 Å². The highest BCUT2D eigenvalue weighted by molar-refractivity contribution is 6.16. The van der Waals surface area contributed by atoms with E-state index < -0.39 is 5.54 Å². The summed E-state index contributed by atoms with van der Waals surface area (Å²) in [4.78, 5) is 34.3. The predicted octanol–water partition coefficient (Wildman–Crippen LogP) is 3.75. The zero-order valence-electron chi connectivity index (χ0n) is 19.3. The highest BCUT2D eigenvalue weighted by Crippen LogP contribution is 2.46. The van der Waals surface area contributed by atoms with Crippen LogP contribution >= 0.6 is 0 Å². The molecule has 3 aromatic rings. The fourth-order valence-corrected chi connectivity index (χ4v) is 5.52. The molecule has 35 heavy (non-hydrogen) atoms. The average molecular weight is 472 g/mol. The molecule has 1 N–H and O–H groups in total. The maximum atomic E-state index is 15.3. The number of hydrogen-bond donors (Lipinski definition) is 1. The van der Waals surface area contributed by atoms with Crippen LogP contribution in [0.2, 0.25) is 0 Å². The number of rotatable bonds is 5. The molecule has 3 heterocycles. The molecule has 178 valence electrons. The molecule has 2 aromatic carbocycles. The van der Waals surface area contributed by atoms with Crippen molar-refractivity contribution < 1.29 is 14.0 Å². The third kappa shape index (κ3) is 3.46. The third-order valence-corrected chi connectivity index (χ3v) is 7.89. The van der Waals surface area contributed by atoms with Crippen molar-refractivity contribution in [2.45, 2.75) is 37.6 Å². The number of nitrogens with one attached hydrogen (secondary N) is 1. The number of nitrogens with zero attached hydrogens (tertiary/aromatic N) is 4. The average Bonchev–Trinajstić information content (AvgIpc) is 3.74. The molecule has 2 aliphatic carbocycles. The van der Waals surface area contributed by atoms with E-state index in [0.29, 0.717) is 30.1 Å². The number of H-pyrrole nitrogens is 1. The number of aromatic amines is 1. The predicted molar refractivity (Wildman–Crippen MR) is 129 cm³/mol. The molecule has 4 aliphatic rings. The molecule has 1 aromatic heterocycles. The number of aliphatic imine (C=N–C) groups is 1. The van der Waals surface area contributed by atoms with E-state index in [0.717, 1.165) is 55.1 Å². The lowest BCUT2D eigenvalue weighted by Gasteiger charge is -2.24. The maximum Gasteiger partial charge on any atom is 0.256 e. The summed E-state index contributed by atoms with van der Waals surface area (Å²) in [5.41, 5.74) is 2.14. The zero-order chi connectivity index (χ0) is 23.7. The minimum atomic E-state index is -0.654. The van der Waals surface area contributed by atoms with Crippen molar-refractivity contribution in [3.63, 3.8) is 0 Å². The third-order valence-electron chi connectivity index (χ3n) is 7.89. The zero-order valence-corrected chi connectivity index (χ0v) is 19.3. The molecule has 3 fully saturated rings. The summed E-state index contributed by atoms with van der Waals surface area (Å²) in [6.07, 6.45) is 6.09. The number of amides is 2. The van der Waals surface area contributed by atoms with E-state index in [2.05, 4.69) is 10.2 Å². The Hall–Kier alpha value is -3.55. The first-order valence-corrected chi connectivity index (χ1v) is 12.4. The van der Waals surface area contributed by atoms with Gasteiger partial charge in [0.15, 0.2) is 0 Å². The maximum absolute atomic E-state index is 15.3. The van der Waals surface area contributed by atoms with Gasteiger partial charge in [-0.05, 0) is 61.8 Å². The van der Waals surface area contributed by atoms with Gasteiger partial charge in [0.05, 0.1) is 11.7 Å². The molecular weight excluding hydrogens is 445 g/mol. The Labute approximate surface area is 202 Å². The SMILES string of the molecule is O=C(C1CC1)N1CCC(CN2C(=O)C3(CC3)N=C2c2ccc(-c3ccc4[nH]ncc4c3)c(F)c2)C1. The molecule has 0 bridgehead atoms. The van der Waals surface area contributed by atoms with Crippen LogP contribution in [0, 0.1) is 17.7 Å². The summed E-state index contributed by atoms with van der Waals surface area (Å²) < 4.78 is 15.3. The van der Waals surface area contributed by atoms with Crippen LogP contribution in [-0.2, 0) is 9.59 Å². The van der Waals surface area contributed by atoms with Crippen LogP contribution in [0.15, 0.2) is 47.6 Å². The quantitative estimate of drug-likeness (QED) is 0.615. The molecule has 1 unspecified atom stereocenters. The van der Waals surface area contributed by atoms with Crippen molar-refractivity contribution in [1.29, 1.82) is 0 Å². The van der Waals surface area contributed by atoms with Crippen LogP contribution in [0.3, 0.4) is 0 Å². The normalized spacial score (nSPS) is 22.9. The molecule has 8 heteroatoms. The van der Waals surface area contributed by atoms with Gasteiger partial charge in [0.25, 0.3) is 5.91 Å². The Morgan fingerprint density at radius 3 is 2.71 bits per heavy atom. The highest BCUT2D eigenvalue weighted by Gasteiger charge is 2.57. The number of halogens is 1. The van der Waals surface area contributed by atoms with Crippen molar-refractivity contribution in [1.82, 2.24) is 20.0 Å². The van der Waals surface area contributed by atoms with Crippen LogP contribution in [0.4, 0.5) is 4.39 Å². The number of fused-ring (bicyclic) bond motifs is 1. The summed E-state index contributed by atoms with van der Waals surface area (Å²) in [7, 11) is 0. The van der Waals surface area contributed by atoms with Gasteiger partial charge in [-0.2, -0.15) is 5.10 Å². The van der Waals surface area contributed by atoms with Crippen molar-refractivity contribution in [2.24, 2.45) is 16.8 Å². The summed E-state index contributed by atoms with van der Waals surface area (Å²) >= 11 is 0. The molecule has 1 spiro atoms. The fourth-order valence-electron chi connectivity index (χ4n) is 5.52.